The van der Waals surface area contributed by atoms with Gasteiger partial charge in [-0.15, -0.1) is 24.8 Å². The monoisotopic (exact) mass is 532 g/mol. The standard InChI is InChI=1S/C18H26Br2N2O2.2ClH/c1-24-14-11-13(15(19)16(20)18(14)23)17(12-5-3-2-4-6-12)22-9-7-21-8-10-22;;/h11-12,17,21,23H,2-10H2,1H3;2*1H/t17-;;/m0../s1. The normalized spacial score (nSPS) is 20.0. The first-order valence-corrected chi connectivity index (χ1v) is 10.4. The van der Waals surface area contributed by atoms with Crippen LogP contribution in [0.5, 0.6) is 11.5 Å². The summed E-state index contributed by atoms with van der Waals surface area (Å²) >= 11 is 7.25. The molecule has 0 spiro atoms. The summed E-state index contributed by atoms with van der Waals surface area (Å²) < 4.78 is 7.06. The third kappa shape index (κ3) is 5.21. The van der Waals surface area contributed by atoms with E-state index >= 15 is 0 Å². The maximum atomic E-state index is 10.3. The van der Waals surface area contributed by atoms with Crippen molar-refractivity contribution in [1.29, 1.82) is 0 Å². The first-order valence-electron chi connectivity index (χ1n) is 8.83. The van der Waals surface area contributed by atoms with Crippen LogP contribution in [0.15, 0.2) is 15.0 Å². The third-order valence-electron chi connectivity index (χ3n) is 5.35. The molecule has 0 aromatic heterocycles. The second-order valence-electron chi connectivity index (χ2n) is 6.77. The number of rotatable bonds is 4. The van der Waals surface area contributed by atoms with Crippen LogP contribution in [0.4, 0.5) is 0 Å². The van der Waals surface area contributed by atoms with Crippen LogP contribution in [-0.2, 0) is 0 Å². The SMILES string of the molecule is COc1cc([C@H](C2CCCCC2)N2CCNCC2)c(Br)c(Br)c1O.Cl.Cl. The Kier molecular flexibility index (Phi) is 10.6. The highest BCUT2D eigenvalue weighted by Crippen LogP contribution is 2.48. The van der Waals surface area contributed by atoms with Crippen molar-refractivity contribution in [3.8, 4) is 11.5 Å². The van der Waals surface area contributed by atoms with E-state index in [0.29, 0.717) is 22.2 Å². The van der Waals surface area contributed by atoms with Crippen molar-refractivity contribution in [3.05, 3.63) is 20.6 Å². The first kappa shape index (κ1) is 24.3. The maximum Gasteiger partial charge on any atom is 0.173 e. The zero-order valence-corrected chi connectivity index (χ0v) is 19.8. The van der Waals surface area contributed by atoms with Crippen molar-refractivity contribution < 1.29 is 9.84 Å². The molecule has 1 atom stereocenters. The molecule has 0 amide bonds. The van der Waals surface area contributed by atoms with Crippen LogP contribution in [0, 0.1) is 5.92 Å². The summed E-state index contributed by atoms with van der Waals surface area (Å²) in [5, 5.41) is 13.7. The van der Waals surface area contributed by atoms with Gasteiger partial charge in [-0.2, -0.15) is 0 Å². The molecule has 1 saturated carbocycles. The second-order valence-corrected chi connectivity index (χ2v) is 8.36. The molecule has 2 fully saturated rings. The Hall–Kier alpha value is 0.280. The van der Waals surface area contributed by atoms with Gasteiger partial charge >= 0.3 is 0 Å². The highest BCUT2D eigenvalue weighted by molar-refractivity contribution is 9.13. The summed E-state index contributed by atoms with van der Waals surface area (Å²) in [5.41, 5.74) is 1.23. The number of nitrogens with one attached hydrogen (secondary N) is 1. The highest BCUT2D eigenvalue weighted by atomic mass is 79.9. The molecule has 1 aromatic rings. The van der Waals surface area contributed by atoms with E-state index < -0.39 is 0 Å². The van der Waals surface area contributed by atoms with Crippen molar-refractivity contribution in [2.75, 3.05) is 33.3 Å². The van der Waals surface area contributed by atoms with E-state index in [4.69, 9.17) is 4.74 Å². The number of methoxy groups -OCH3 is 1. The predicted octanol–water partition coefficient (Wildman–Crippen LogP) is 5.30. The number of benzene rings is 1. The Morgan fingerprint density at radius 1 is 1.12 bits per heavy atom. The maximum absolute atomic E-state index is 10.3. The molecular formula is C18H28Br2Cl2N2O2. The lowest BCUT2D eigenvalue weighted by atomic mass is 9.80. The van der Waals surface area contributed by atoms with Gasteiger partial charge in [0, 0.05) is 36.7 Å². The van der Waals surface area contributed by atoms with E-state index in [1.165, 1.54) is 37.7 Å². The second kappa shape index (κ2) is 11.3. The van der Waals surface area contributed by atoms with Crippen LogP contribution in [0.1, 0.15) is 43.7 Å². The van der Waals surface area contributed by atoms with E-state index in [-0.39, 0.29) is 30.6 Å². The summed E-state index contributed by atoms with van der Waals surface area (Å²) in [7, 11) is 1.61. The van der Waals surface area contributed by atoms with Crippen LogP contribution < -0.4 is 10.1 Å². The van der Waals surface area contributed by atoms with Gasteiger partial charge < -0.3 is 15.2 Å². The molecule has 4 nitrogen and oxygen atoms in total. The zero-order valence-electron chi connectivity index (χ0n) is 15.0. The Balaban J connectivity index is 0.00000169. The van der Waals surface area contributed by atoms with Crippen LogP contribution in [-0.4, -0.2) is 43.3 Å². The van der Waals surface area contributed by atoms with Crippen LogP contribution in [0.3, 0.4) is 0 Å². The number of halogens is 4. The zero-order chi connectivity index (χ0) is 17.1. The topological polar surface area (TPSA) is 44.7 Å². The molecule has 0 unspecified atom stereocenters. The fraction of sp³-hybridized carbons (Fsp3) is 0.667. The summed E-state index contributed by atoms with van der Waals surface area (Å²) in [6, 6.07) is 2.39. The van der Waals surface area contributed by atoms with E-state index in [1.54, 1.807) is 7.11 Å². The molecule has 1 aliphatic carbocycles. The lowest BCUT2D eigenvalue weighted by molar-refractivity contribution is 0.102. The third-order valence-corrected chi connectivity index (χ3v) is 7.51. The van der Waals surface area contributed by atoms with Crippen LogP contribution >= 0.6 is 56.7 Å². The molecule has 0 bridgehead atoms. The lowest BCUT2D eigenvalue weighted by Gasteiger charge is -2.41. The molecule has 0 radical (unpaired) electrons. The molecule has 3 rings (SSSR count). The number of nitrogens with zero attached hydrogens (tertiary/aromatic N) is 1. The summed E-state index contributed by atoms with van der Waals surface area (Å²) in [6.07, 6.45) is 6.56. The van der Waals surface area contributed by atoms with Gasteiger partial charge in [0.25, 0.3) is 0 Å². The fourth-order valence-electron chi connectivity index (χ4n) is 4.14. The average molecular weight is 535 g/mol. The number of hydrogen-bond donors (Lipinski definition) is 2. The lowest BCUT2D eigenvalue weighted by Crippen LogP contribution is -2.47. The molecule has 26 heavy (non-hydrogen) atoms. The highest BCUT2D eigenvalue weighted by Gasteiger charge is 2.33. The molecule has 2 N–H and O–H groups in total. The minimum Gasteiger partial charge on any atom is -0.503 e. The molecule has 150 valence electrons. The van der Waals surface area contributed by atoms with Gasteiger partial charge in [0.2, 0.25) is 0 Å². The number of phenols is 1. The molecule has 2 aliphatic rings. The molecule has 1 aliphatic heterocycles. The molecule has 1 saturated heterocycles. The van der Waals surface area contributed by atoms with Crippen molar-refractivity contribution >= 4 is 56.7 Å². The Labute approximate surface area is 185 Å². The van der Waals surface area contributed by atoms with E-state index in [1.807, 2.05) is 6.07 Å². The Morgan fingerprint density at radius 2 is 1.73 bits per heavy atom. The Morgan fingerprint density at radius 3 is 2.31 bits per heavy atom. The fourth-order valence-corrected chi connectivity index (χ4v) is 5.10. The van der Waals surface area contributed by atoms with Gasteiger partial charge in [-0.05, 0) is 62.2 Å². The van der Waals surface area contributed by atoms with Gasteiger partial charge in [0.15, 0.2) is 11.5 Å². The molecule has 8 heteroatoms. The van der Waals surface area contributed by atoms with Gasteiger partial charge in [-0.1, -0.05) is 19.3 Å². The van der Waals surface area contributed by atoms with Crippen molar-refractivity contribution in [2.24, 2.45) is 5.92 Å². The van der Waals surface area contributed by atoms with Gasteiger partial charge in [0.05, 0.1) is 11.6 Å². The molecular weight excluding hydrogens is 507 g/mol. The summed E-state index contributed by atoms with van der Waals surface area (Å²) in [6.45, 7) is 4.21. The van der Waals surface area contributed by atoms with E-state index in [2.05, 4.69) is 42.1 Å². The predicted molar refractivity (Wildman–Crippen MR) is 118 cm³/mol. The number of aromatic hydroxyl groups is 1. The minimum absolute atomic E-state index is 0. The molecule has 1 aromatic carbocycles. The van der Waals surface area contributed by atoms with Crippen LogP contribution in [0.25, 0.3) is 0 Å². The van der Waals surface area contributed by atoms with Gasteiger partial charge in [0.1, 0.15) is 0 Å². The summed E-state index contributed by atoms with van der Waals surface area (Å²) in [5.74, 6) is 1.36. The smallest absolute Gasteiger partial charge is 0.173 e. The number of hydrogen-bond acceptors (Lipinski definition) is 4. The van der Waals surface area contributed by atoms with Gasteiger partial charge in [-0.25, -0.2) is 0 Å². The van der Waals surface area contributed by atoms with Gasteiger partial charge in [-0.3, -0.25) is 4.90 Å². The van der Waals surface area contributed by atoms with E-state index in [9.17, 15) is 5.11 Å². The van der Waals surface area contributed by atoms with E-state index in [0.717, 1.165) is 30.7 Å². The number of ether oxygens (including phenoxy) is 1. The van der Waals surface area contributed by atoms with Crippen molar-refractivity contribution in [2.45, 2.75) is 38.1 Å². The summed E-state index contributed by atoms with van der Waals surface area (Å²) in [4.78, 5) is 2.61. The number of phenolic OH excluding ortho intramolecular Hbond substituents is 1. The van der Waals surface area contributed by atoms with Crippen molar-refractivity contribution in [1.82, 2.24) is 10.2 Å². The average Bonchev–Trinajstić information content (AvgIpc) is 2.64. The quantitative estimate of drug-likeness (QED) is 0.550. The molecule has 1 heterocycles. The first-order chi connectivity index (χ1) is 11.6. The number of piperazine rings is 1. The minimum atomic E-state index is 0. The van der Waals surface area contributed by atoms with Crippen molar-refractivity contribution in [3.63, 3.8) is 0 Å². The van der Waals surface area contributed by atoms with Crippen LogP contribution in [0.2, 0.25) is 0 Å². The largest absolute Gasteiger partial charge is 0.503 e. The Bertz CT molecular complexity index is 563.